The molecule has 0 saturated carbocycles. The van der Waals surface area contributed by atoms with Gasteiger partial charge in [0.2, 0.25) is 0 Å². The molecule has 0 aliphatic carbocycles. The lowest BCUT2D eigenvalue weighted by Gasteiger charge is -2.11. The second kappa shape index (κ2) is 12.1. The van der Waals surface area contributed by atoms with E-state index in [0.717, 1.165) is 25.9 Å². The molecule has 2 amide bonds. The van der Waals surface area contributed by atoms with Gasteiger partial charge < -0.3 is 19.3 Å². The maximum absolute atomic E-state index is 11.7. The van der Waals surface area contributed by atoms with Crippen molar-refractivity contribution in [2.45, 2.75) is 12.8 Å². The van der Waals surface area contributed by atoms with Gasteiger partial charge in [0.25, 0.3) is 0 Å². The first-order chi connectivity index (χ1) is 12.4. The third-order valence-electron chi connectivity index (χ3n) is 3.34. The Hall–Kier alpha value is -2.32. The highest BCUT2D eigenvalue weighted by Gasteiger charge is 2.06. The van der Waals surface area contributed by atoms with Crippen molar-refractivity contribution >= 4 is 23.6 Å². The number of hydrogen-bond donors (Lipinski definition) is 2. The van der Waals surface area contributed by atoms with E-state index in [1.54, 1.807) is 24.3 Å². The van der Waals surface area contributed by atoms with Gasteiger partial charge in [0.15, 0.2) is 0 Å². The smallest absolute Gasteiger partial charge is 0.411 e. The first-order valence-electron chi connectivity index (χ1n) is 8.64. The number of nitrogens with one attached hydrogen (secondary N) is 2. The maximum Gasteiger partial charge on any atom is 0.411 e. The van der Waals surface area contributed by atoms with E-state index in [9.17, 15) is 9.59 Å². The fourth-order valence-electron chi connectivity index (χ4n) is 2.04. The molecule has 8 nitrogen and oxygen atoms in total. The topological polar surface area (TPSA) is 83.1 Å². The fraction of sp³-hybridized carbons (Fsp3) is 0.556. The molecule has 0 aromatic heterocycles. The first-order valence-corrected chi connectivity index (χ1v) is 8.64. The van der Waals surface area contributed by atoms with Crippen LogP contribution in [0.4, 0.5) is 21.0 Å². The Morgan fingerprint density at radius 2 is 1.12 bits per heavy atom. The van der Waals surface area contributed by atoms with Gasteiger partial charge in [-0.1, -0.05) is 0 Å². The largest absolute Gasteiger partial charge is 0.449 e. The summed E-state index contributed by atoms with van der Waals surface area (Å²) in [6.07, 6.45) is 0.564. The predicted octanol–water partition coefficient (Wildman–Crippen LogP) is 2.69. The zero-order valence-corrected chi connectivity index (χ0v) is 16.1. The first kappa shape index (κ1) is 21.7. The molecule has 8 heteroatoms. The van der Waals surface area contributed by atoms with Crippen LogP contribution in [0.1, 0.15) is 12.8 Å². The molecule has 0 fully saturated rings. The number of anilines is 2. The normalized spacial score (nSPS) is 10.7. The number of carbonyl (C=O) groups is 2. The van der Waals surface area contributed by atoms with Crippen LogP contribution in [0.3, 0.4) is 0 Å². The van der Waals surface area contributed by atoms with E-state index >= 15 is 0 Å². The van der Waals surface area contributed by atoms with Crippen molar-refractivity contribution in [2.75, 3.05) is 65.1 Å². The van der Waals surface area contributed by atoms with Crippen molar-refractivity contribution in [3.63, 3.8) is 0 Å². The molecule has 146 valence electrons. The number of ether oxygens (including phenoxy) is 2. The summed E-state index contributed by atoms with van der Waals surface area (Å²) >= 11 is 0. The predicted molar refractivity (Wildman–Crippen MR) is 103 cm³/mol. The van der Waals surface area contributed by atoms with Crippen molar-refractivity contribution in [3.05, 3.63) is 24.3 Å². The van der Waals surface area contributed by atoms with E-state index in [1.165, 1.54) is 0 Å². The number of benzene rings is 1. The van der Waals surface area contributed by atoms with Crippen LogP contribution in [0.25, 0.3) is 0 Å². The number of hydrogen-bond acceptors (Lipinski definition) is 6. The lowest BCUT2D eigenvalue weighted by molar-refractivity contribution is 0.155. The minimum atomic E-state index is -0.496. The third kappa shape index (κ3) is 10.5. The average Bonchev–Trinajstić information content (AvgIpc) is 2.57. The van der Waals surface area contributed by atoms with Crippen molar-refractivity contribution in [1.29, 1.82) is 0 Å². The zero-order valence-electron chi connectivity index (χ0n) is 16.1. The molecule has 0 saturated heterocycles. The zero-order chi connectivity index (χ0) is 19.4. The average molecular weight is 366 g/mol. The van der Waals surface area contributed by atoms with Gasteiger partial charge >= 0.3 is 12.2 Å². The van der Waals surface area contributed by atoms with Gasteiger partial charge in [0, 0.05) is 24.5 Å². The SMILES string of the molecule is CN(C)CCCOC(=O)Nc1ccc(NC(=O)OCCCN(C)C)cc1. The molecule has 0 heterocycles. The van der Waals surface area contributed by atoms with Crippen LogP contribution in [0, 0.1) is 0 Å². The van der Waals surface area contributed by atoms with Gasteiger partial charge in [-0.05, 0) is 65.3 Å². The van der Waals surface area contributed by atoms with Gasteiger partial charge in [0.05, 0.1) is 13.2 Å². The Balaban J connectivity index is 2.27. The van der Waals surface area contributed by atoms with Crippen LogP contribution in [-0.2, 0) is 9.47 Å². The molecule has 0 atom stereocenters. The fourth-order valence-corrected chi connectivity index (χ4v) is 2.04. The van der Waals surface area contributed by atoms with Crippen LogP contribution in [-0.4, -0.2) is 76.5 Å². The summed E-state index contributed by atoms with van der Waals surface area (Å²) in [4.78, 5) is 27.4. The Labute approximate surface area is 155 Å². The van der Waals surface area contributed by atoms with Crippen LogP contribution < -0.4 is 10.6 Å². The number of rotatable bonds is 10. The van der Waals surface area contributed by atoms with Crippen LogP contribution in [0.2, 0.25) is 0 Å². The van der Waals surface area contributed by atoms with E-state index in [2.05, 4.69) is 10.6 Å². The molecule has 0 unspecified atom stereocenters. The Morgan fingerprint density at radius 3 is 1.42 bits per heavy atom. The molecule has 0 aliphatic heterocycles. The standard InChI is InChI=1S/C18H30N4O4/c1-21(2)11-5-13-25-17(23)19-15-7-9-16(10-8-15)20-18(24)26-14-6-12-22(3)4/h7-10H,5-6,11-14H2,1-4H3,(H,19,23)(H,20,24). The highest BCUT2D eigenvalue weighted by atomic mass is 16.6. The monoisotopic (exact) mass is 366 g/mol. The summed E-state index contributed by atoms with van der Waals surface area (Å²) in [5.74, 6) is 0. The van der Waals surface area contributed by atoms with Gasteiger partial charge in [-0.3, -0.25) is 10.6 Å². The molecule has 0 radical (unpaired) electrons. The summed E-state index contributed by atoms with van der Waals surface area (Å²) in [6.45, 7) is 2.45. The summed E-state index contributed by atoms with van der Waals surface area (Å²) in [5, 5.41) is 5.28. The lowest BCUT2D eigenvalue weighted by Crippen LogP contribution is -2.19. The van der Waals surface area contributed by atoms with E-state index in [1.807, 2.05) is 38.0 Å². The Kier molecular flexibility index (Phi) is 10.1. The maximum atomic E-state index is 11.7. The van der Waals surface area contributed by atoms with Crippen LogP contribution in [0.5, 0.6) is 0 Å². The number of amides is 2. The highest BCUT2D eigenvalue weighted by Crippen LogP contribution is 2.14. The Morgan fingerprint density at radius 1 is 0.769 bits per heavy atom. The van der Waals surface area contributed by atoms with E-state index in [4.69, 9.17) is 9.47 Å². The molecule has 1 aromatic carbocycles. The molecule has 26 heavy (non-hydrogen) atoms. The molecule has 2 N–H and O–H groups in total. The van der Waals surface area contributed by atoms with E-state index in [0.29, 0.717) is 24.6 Å². The minimum Gasteiger partial charge on any atom is -0.449 e. The molecule has 0 spiro atoms. The summed E-state index contributed by atoms with van der Waals surface area (Å²) in [6, 6.07) is 6.73. The Bertz CT molecular complexity index is 498. The van der Waals surface area contributed by atoms with E-state index in [-0.39, 0.29) is 0 Å². The number of carbonyl (C=O) groups excluding carboxylic acids is 2. The molecule has 0 bridgehead atoms. The van der Waals surface area contributed by atoms with E-state index < -0.39 is 12.2 Å². The third-order valence-corrected chi connectivity index (χ3v) is 3.34. The second-order valence-corrected chi connectivity index (χ2v) is 6.41. The molecule has 0 aliphatic rings. The quantitative estimate of drug-likeness (QED) is 0.620. The van der Waals surface area contributed by atoms with Crippen molar-refractivity contribution in [1.82, 2.24) is 9.80 Å². The summed E-state index contributed by atoms with van der Waals surface area (Å²) in [7, 11) is 7.87. The molecule has 1 rings (SSSR count). The van der Waals surface area contributed by atoms with Gasteiger partial charge in [0.1, 0.15) is 0 Å². The highest BCUT2D eigenvalue weighted by molar-refractivity contribution is 5.87. The summed E-state index contributed by atoms with van der Waals surface area (Å²) < 4.78 is 10.2. The van der Waals surface area contributed by atoms with Gasteiger partial charge in [-0.25, -0.2) is 9.59 Å². The van der Waals surface area contributed by atoms with Crippen molar-refractivity contribution in [3.8, 4) is 0 Å². The lowest BCUT2D eigenvalue weighted by atomic mass is 10.3. The molecular formula is C18H30N4O4. The van der Waals surface area contributed by atoms with Crippen molar-refractivity contribution in [2.24, 2.45) is 0 Å². The summed E-state index contributed by atoms with van der Waals surface area (Å²) in [5.41, 5.74) is 1.18. The molecular weight excluding hydrogens is 336 g/mol. The van der Waals surface area contributed by atoms with Crippen LogP contribution in [0.15, 0.2) is 24.3 Å². The minimum absolute atomic E-state index is 0.364. The van der Waals surface area contributed by atoms with Gasteiger partial charge in [-0.15, -0.1) is 0 Å². The molecule has 1 aromatic rings. The van der Waals surface area contributed by atoms with Crippen LogP contribution >= 0.6 is 0 Å². The number of nitrogens with zero attached hydrogens (tertiary/aromatic N) is 2. The second-order valence-electron chi connectivity index (χ2n) is 6.41. The van der Waals surface area contributed by atoms with Crippen molar-refractivity contribution < 1.29 is 19.1 Å². The van der Waals surface area contributed by atoms with Gasteiger partial charge in [-0.2, -0.15) is 0 Å².